The highest BCUT2D eigenvalue weighted by Gasteiger charge is 2.13. The van der Waals surface area contributed by atoms with Gasteiger partial charge in [-0.2, -0.15) is 0 Å². The first-order chi connectivity index (χ1) is 11.6. The molecule has 1 amide bonds. The van der Waals surface area contributed by atoms with E-state index < -0.39 is 11.9 Å². The van der Waals surface area contributed by atoms with Gasteiger partial charge in [-0.3, -0.25) is 4.79 Å². The molecule has 1 aromatic carbocycles. The van der Waals surface area contributed by atoms with Crippen LogP contribution in [0.1, 0.15) is 35.8 Å². The number of aliphatic carboxylic acids is 1. The van der Waals surface area contributed by atoms with Gasteiger partial charge in [0.05, 0.1) is 6.61 Å². The predicted molar refractivity (Wildman–Crippen MR) is 90.7 cm³/mol. The van der Waals surface area contributed by atoms with Crippen molar-refractivity contribution in [1.82, 2.24) is 10.3 Å². The van der Waals surface area contributed by atoms with Gasteiger partial charge in [0.25, 0.3) is 5.91 Å². The first-order valence-electron chi connectivity index (χ1n) is 7.72. The van der Waals surface area contributed by atoms with Crippen molar-refractivity contribution in [2.24, 2.45) is 0 Å². The molecular formula is C18H20N2O4. The first-order valence-corrected chi connectivity index (χ1v) is 7.72. The molecule has 0 fully saturated rings. The zero-order valence-electron chi connectivity index (χ0n) is 13.4. The van der Waals surface area contributed by atoms with Crippen LogP contribution in [0.15, 0.2) is 48.3 Å². The van der Waals surface area contributed by atoms with E-state index in [9.17, 15) is 14.7 Å². The molecule has 0 spiro atoms. The molecule has 126 valence electrons. The van der Waals surface area contributed by atoms with Gasteiger partial charge in [0.1, 0.15) is 11.4 Å². The molecule has 6 heteroatoms. The molecule has 0 aliphatic heterocycles. The molecule has 0 aliphatic rings. The Bertz CT molecular complexity index is 703. The standard InChI is InChI=1S/C18H20N2O4/c1-2-3-11-24-15-8-6-13(7-9-15)17(21)20-16(18(22)23)12-14-5-4-10-19-14/h4-10,12,19H,2-3,11H2,1H3,(H,20,21)(H,22,23). The van der Waals surface area contributed by atoms with Crippen LogP contribution >= 0.6 is 0 Å². The van der Waals surface area contributed by atoms with Gasteiger partial charge in [-0.1, -0.05) is 13.3 Å². The lowest BCUT2D eigenvalue weighted by atomic mass is 10.2. The normalized spacial score (nSPS) is 11.1. The Hall–Kier alpha value is -3.02. The minimum absolute atomic E-state index is 0.203. The molecule has 1 aromatic heterocycles. The van der Waals surface area contributed by atoms with Gasteiger partial charge in [-0.15, -0.1) is 0 Å². The Morgan fingerprint density at radius 1 is 1.25 bits per heavy atom. The molecule has 0 bridgehead atoms. The second kappa shape index (κ2) is 8.57. The molecular weight excluding hydrogens is 308 g/mol. The number of carboxylic acid groups (broad SMARTS) is 1. The van der Waals surface area contributed by atoms with E-state index in [-0.39, 0.29) is 5.70 Å². The van der Waals surface area contributed by atoms with Crippen molar-refractivity contribution in [3.8, 4) is 5.75 Å². The Kier molecular flexibility index (Phi) is 6.19. The summed E-state index contributed by atoms with van der Waals surface area (Å²) >= 11 is 0. The van der Waals surface area contributed by atoms with E-state index in [0.717, 1.165) is 12.8 Å². The van der Waals surface area contributed by atoms with Crippen LogP contribution in [0.4, 0.5) is 0 Å². The van der Waals surface area contributed by atoms with Crippen molar-refractivity contribution in [1.29, 1.82) is 0 Å². The van der Waals surface area contributed by atoms with Crippen LogP contribution in [0, 0.1) is 0 Å². The van der Waals surface area contributed by atoms with Crippen LogP contribution in [0.2, 0.25) is 0 Å². The molecule has 0 saturated carbocycles. The van der Waals surface area contributed by atoms with E-state index in [1.54, 1.807) is 42.6 Å². The maximum absolute atomic E-state index is 12.2. The minimum Gasteiger partial charge on any atom is -0.494 e. The summed E-state index contributed by atoms with van der Waals surface area (Å²) in [6.07, 6.45) is 5.05. The summed E-state index contributed by atoms with van der Waals surface area (Å²) < 4.78 is 5.53. The highest BCUT2D eigenvalue weighted by molar-refractivity contribution is 6.02. The van der Waals surface area contributed by atoms with Gasteiger partial charge >= 0.3 is 5.97 Å². The van der Waals surface area contributed by atoms with Crippen molar-refractivity contribution in [3.63, 3.8) is 0 Å². The third kappa shape index (κ3) is 5.01. The summed E-state index contributed by atoms with van der Waals surface area (Å²) in [4.78, 5) is 26.3. The lowest BCUT2D eigenvalue weighted by Crippen LogP contribution is -2.27. The second-order valence-corrected chi connectivity index (χ2v) is 5.17. The second-order valence-electron chi connectivity index (χ2n) is 5.17. The van der Waals surface area contributed by atoms with Gasteiger partial charge in [0.2, 0.25) is 0 Å². The average Bonchev–Trinajstić information content (AvgIpc) is 3.08. The number of rotatable bonds is 8. The molecule has 0 radical (unpaired) electrons. The average molecular weight is 328 g/mol. The number of nitrogens with one attached hydrogen (secondary N) is 2. The summed E-state index contributed by atoms with van der Waals surface area (Å²) in [5.74, 6) is -1.02. The summed E-state index contributed by atoms with van der Waals surface area (Å²) in [6, 6.07) is 10.0. The molecule has 24 heavy (non-hydrogen) atoms. The molecule has 0 atom stereocenters. The topological polar surface area (TPSA) is 91.4 Å². The molecule has 2 rings (SSSR count). The molecule has 6 nitrogen and oxygen atoms in total. The van der Waals surface area contributed by atoms with Crippen molar-refractivity contribution < 1.29 is 19.4 Å². The number of amides is 1. The van der Waals surface area contributed by atoms with Crippen LogP contribution < -0.4 is 10.1 Å². The highest BCUT2D eigenvalue weighted by Crippen LogP contribution is 2.13. The number of carbonyl (C=O) groups is 2. The van der Waals surface area contributed by atoms with E-state index in [4.69, 9.17) is 4.74 Å². The zero-order chi connectivity index (χ0) is 17.4. The maximum Gasteiger partial charge on any atom is 0.352 e. The smallest absolute Gasteiger partial charge is 0.352 e. The number of ether oxygens (including phenoxy) is 1. The van der Waals surface area contributed by atoms with Crippen molar-refractivity contribution in [3.05, 3.63) is 59.5 Å². The maximum atomic E-state index is 12.2. The minimum atomic E-state index is -1.21. The van der Waals surface area contributed by atoms with Crippen molar-refractivity contribution >= 4 is 18.0 Å². The van der Waals surface area contributed by atoms with E-state index in [1.165, 1.54) is 6.08 Å². The summed E-state index contributed by atoms with van der Waals surface area (Å²) in [7, 11) is 0. The molecule has 2 aromatic rings. The third-order valence-electron chi connectivity index (χ3n) is 3.28. The number of benzene rings is 1. The zero-order valence-corrected chi connectivity index (χ0v) is 13.4. The number of carbonyl (C=O) groups excluding carboxylic acids is 1. The molecule has 0 unspecified atom stereocenters. The Morgan fingerprint density at radius 3 is 2.58 bits per heavy atom. The van der Waals surface area contributed by atoms with Crippen LogP contribution in [0.5, 0.6) is 5.75 Å². The van der Waals surface area contributed by atoms with E-state index in [0.29, 0.717) is 23.6 Å². The van der Waals surface area contributed by atoms with Gasteiger partial charge in [0.15, 0.2) is 0 Å². The van der Waals surface area contributed by atoms with E-state index in [1.807, 2.05) is 0 Å². The number of carboxylic acids is 1. The van der Waals surface area contributed by atoms with Crippen LogP contribution in [-0.4, -0.2) is 28.6 Å². The van der Waals surface area contributed by atoms with E-state index in [2.05, 4.69) is 17.2 Å². The van der Waals surface area contributed by atoms with E-state index >= 15 is 0 Å². The fourth-order valence-corrected chi connectivity index (χ4v) is 1.97. The number of aromatic nitrogens is 1. The van der Waals surface area contributed by atoms with Gasteiger partial charge in [-0.25, -0.2) is 4.79 Å². The first kappa shape index (κ1) is 17.3. The fraction of sp³-hybridized carbons (Fsp3) is 0.222. The monoisotopic (exact) mass is 328 g/mol. The Balaban J connectivity index is 2.03. The largest absolute Gasteiger partial charge is 0.494 e. The lowest BCUT2D eigenvalue weighted by molar-refractivity contribution is -0.132. The molecule has 0 aliphatic carbocycles. The molecule has 1 heterocycles. The Morgan fingerprint density at radius 2 is 2.00 bits per heavy atom. The molecule has 0 saturated heterocycles. The summed E-state index contributed by atoms with van der Waals surface area (Å²) in [5, 5.41) is 11.6. The van der Waals surface area contributed by atoms with Gasteiger partial charge < -0.3 is 20.1 Å². The lowest BCUT2D eigenvalue weighted by Gasteiger charge is -2.08. The fourth-order valence-electron chi connectivity index (χ4n) is 1.97. The summed E-state index contributed by atoms with van der Waals surface area (Å²) in [5.41, 5.74) is 0.745. The predicted octanol–water partition coefficient (Wildman–Crippen LogP) is 3.05. The third-order valence-corrected chi connectivity index (χ3v) is 3.28. The van der Waals surface area contributed by atoms with Crippen LogP contribution in [-0.2, 0) is 4.79 Å². The van der Waals surface area contributed by atoms with Crippen molar-refractivity contribution in [2.75, 3.05) is 6.61 Å². The Labute approximate surface area is 140 Å². The van der Waals surface area contributed by atoms with Gasteiger partial charge in [0, 0.05) is 17.5 Å². The van der Waals surface area contributed by atoms with Gasteiger partial charge in [-0.05, 0) is 48.9 Å². The van der Waals surface area contributed by atoms with Crippen molar-refractivity contribution in [2.45, 2.75) is 19.8 Å². The highest BCUT2D eigenvalue weighted by atomic mass is 16.5. The number of hydrogen-bond donors (Lipinski definition) is 3. The van der Waals surface area contributed by atoms with Crippen LogP contribution in [0.3, 0.4) is 0 Å². The quantitative estimate of drug-likeness (QED) is 0.513. The molecule has 3 N–H and O–H groups in total. The summed E-state index contributed by atoms with van der Waals surface area (Å²) in [6.45, 7) is 2.71. The number of H-pyrrole nitrogens is 1. The number of unbranched alkanes of at least 4 members (excludes halogenated alkanes) is 1. The number of aromatic amines is 1. The van der Waals surface area contributed by atoms with Crippen LogP contribution in [0.25, 0.3) is 6.08 Å². The SMILES string of the molecule is CCCCOc1ccc(C(=O)NC(=Cc2ccc[nH]2)C(=O)O)cc1. The number of hydrogen-bond acceptors (Lipinski definition) is 3.